The zero-order valence-corrected chi connectivity index (χ0v) is 13.3. The lowest BCUT2D eigenvalue weighted by Crippen LogP contribution is -2.23. The summed E-state index contributed by atoms with van der Waals surface area (Å²) < 4.78 is 40.5. The summed E-state index contributed by atoms with van der Waals surface area (Å²) in [5, 5.41) is 2.80. The molecule has 0 amide bonds. The van der Waals surface area contributed by atoms with E-state index < -0.39 is 15.8 Å². The summed E-state index contributed by atoms with van der Waals surface area (Å²) in [6, 6.07) is 3.77. The van der Waals surface area contributed by atoms with E-state index in [2.05, 4.69) is 15.0 Å². The number of rotatable bonds is 6. The minimum Gasteiger partial charge on any atom is -0.316 e. The number of aromatic nitrogens is 1. The Hall–Kier alpha value is -1.35. The Morgan fingerprint density at radius 2 is 2.10 bits per heavy atom. The van der Waals surface area contributed by atoms with Crippen LogP contribution in [0.4, 0.5) is 4.39 Å². The molecule has 5 nitrogen and oxygen atoms in total. The van der Waals surface area contributed by atoms with E-state index in [1.807, 2.05) is 6.92 Å². The Balaban J connectivity index is 2.19. The van der Waals surface area contributed by atoms with Crippen LogP contribution >= 0.6 is 11.3 Å². The molecule has 1 heterocycles. The Kier molecular flexibility index (Phi) is 5.04. The maximum Gasteiger partial charge on any atom is 0.240 e. The first-order valence-corrected chi connectivity index (χ1v) is 8.62. The maximum absolute atomic E-state index is 13.5. The Morgan fingerprint density at radius 1 is 1.33 bits per heavy atom. The fourth-order valence-corrected chi connectivity index (χ4v) is 3.64. The molecule has 0 aliphatic rings. The molecule has 2 aromatic rings. The topological polar surface area (TPSA) is 71.1 Å². The number of halogens is 1. The first-order chi connectivity index (χ1) is 9.94. The number of nitrogens with zero attached hydrogens (tertiary/aromatic N) is 1. The van der Waals surface area contributed by atoms with E-state index in [4.69, 9.17) is 0 Å². The zero-order chi connectivity index (χ0) is 15.5. The summed E-state index contributed by atoms with van der Waals surface area (Å²) in [4.78, 5) is 4.98. The van der Waals surface area contributed by atoms with E-state index in [1.54, 1.807) is 12.6 Å². The quantitative estimate of drug-likeness (QED) is 0.847. The summed E-state index contributed by atoms with van der Waals surface area (Å²) in [5.74, 6) is -0.429. The second-order valence-electron chi connectivity index (χ2n) is 4.47. The van der Waals surface area contributed by atoms with Gasteiger partial charge in [0.25, 0.3) is 0 Å². The van der Waals surface area contributed by atoms with E-state index in [9.17, 15) is 12.8 Å². The fourth-order valence-electron chi connectivity index (χ4n) is 1.78. The molecule has 0 aliphatic carbocycles. The molecule has 0 fully saturated rings. The Labute approximate surface area is 127 Å². The van der Waals surface area contributed by atoms with Crippen molar-refractivity contribution < 1.29 is 12.8 Å². The predicted octanol–water partition coefficient (Wildman–Crippen LogP) is 1.79. The van der Waals surface area contributed by atoms with Crippen molar-refractivity contribution in [1.29, 1.82) is 0 Å². The van der Waals surface area contributed by atoms with E-state index in [0.29, 0.717) is 5.56 Å². The normalized spacial score (nSPS) is 11.8. The molecule has 1 aromatic heterocycles. The standard InChI is InChI=1S/C13H16FN3O2S2/c1-9-13(20-8-16-9)7-17-21(18,19)11-3-4-12(14)10(5-11)6-15-2/h3-5,8,15,17H,6-7H2,1-2H3. The van der Waals surface area contributed by atoms with Gasteiger partial charge in [0, 0.05) is 23.5 Å². The van der Waals surface area contributed by atoms with E-state index >= 15 is 0 Å². The third-order valence-corrected chi connectivity index (χ3v) is 5.30. The predicted molar refractivity (Wildman–Crippen MR) is 80.0 cm³/mol. The van der Waals surface area contributed by atoms with E-state index in [-0.39, 0.29) is 18.0 Å². The van der Waals surface area contributed by atoms with Gasteiger partial charge in [-0.05, 0) is 32.2 Å². The summed E-state index contributed by atoms with van der Waals surface area (Å²) in [5.41, 5.74) is 2.79. The molecule has 21 heavy (non-hydrogen) atoms. The van der Waals surface area contributed by atoms with Crippen molar-refractivity contribution in [3.8, 4) is 0 Å². The maximum atomic E-state index is 13.5. The van der Waals surface area contributed by atoms with Crippen LogP contribution in [-0.2, 0) is 23.1 Å². The third kappa shape index (κ3) is 3.85. The monoisotopic (exact) mass is 329 g/mol. The van der Waals surface area contributed by atoms with Gasteiger partial charge in [-0.25, -0.2) is 22.5 Å². The number of thiazole rings is 1. The van der Waals surface area contributed by atoms with Crippen LogP contribution in [0, 0.1) is 12.7 Å². The highest BCUT2D eigenvalue weighted by Crippen LogP contribution is 2.17. The van der Waals surface area contributed by atoms with Crippen LogP contribution < -0.4 is 10.0 Å². The zero-order valence-electron chi connectivity index (χ0n) is 11.7. The van der Waals surface area contributed by atoms with Crippen molar-refractivity contribution in [2.24, 2.45) is 0 Å². The molecular weight excluding hydrogens is 313 g/mol. The molecule has 8 heteroatoms. The van der Waals surface area contributed by atoms with Gasteiger partial charge in [-0.3, -0.25) is 0 Å². The lowest BCUT2D eigenvalue weighted by molar-refractivity contribution is 0.578. The summed E-state index contributed by atoms with van der Waals surface area (Å²) in [7, 11) is -2.00. The molecular formula is C13H16FN3O2S2. The highest BCUT2D eigenvalue weighted by Gasteiger charge is 2.16. The minimum absolute atomic E-state index is 0.0521. The Morgan fingerprint density at radius 3 is 2.71 bits per heavy atom. The number of aryl methyl sites for hydroxylation is 1. The van der Waals surface area contributed by atoms with Crippen molar-refractivity contribution in [3.63, 3.8) is 0 Å². The Bertz CT molecular complexity index is 729. The number of benzene rings is 1. The van der Waals surface area contributed by atoms with Crippen LogP contribution in [-0.4, -0.2) is 20.4 Å². The summed E-state index contributed by atoms with van der Waals surface area (Å²) in [6.07, 6.45) is 0. The van der Waals surface area contributed by atoms with Gasteiger partial charge in [0.1, 0.15) is 5.82 Å². The number of hydrogen-bond donors (Lipinski definition) is 2. The van der Waals surface area contributed by atoms with Crippen molar-refractivity contribution in [1.82, 2.24) is 15.0 Å². The molecule has 1 aromatic carbocycles. The molecule has 0 atom stereocenters. The van der Waals surface area contributed by atoms with Crippen LogP contribution in [0.15, 0.2) is 28.6 Å². The van der Waals surface area contributed by atoms with Gasteiger partial charge in [-0.2, -0.15) is 0 Å². The first kappa shape index (κ1) is 16.0. The first-order valence-electron chi connectivity index (χ1n) is 6.25. The lowest BCUT2D eigenvalue weighted by atomic mass is 10.2. The smallest absolute Gasteiger partial charge is 0.240 e. The molecule has 114 valence electrons. The van der Waals surface area contributed by atoms with Crippen molar-refractivity contribution >= 4 is 21.4 Å². The van der Waals surface area contributed by atoms with Crippen LogP contribution in [0.1, 0.15) is 16.1 Å². The van der Waals surface area contributed by atoms with Crippen LogP contribution in [0.2, 0.25) is 0 Å². The molecule has 0 unspecified atom stereocenters. The van der Waals surface area contributed by atoms with Crippen molar-refractivity contribution in [2.45, 2.75) is 24.9 Å². The fraction of sp³-hybridized carbons (Fsp3) is 0.308. The van der Waals surface area contributed by atoms with E-state index in [1.165, 1.54) is 29.5 Å². The van der Waals surface area contributed by atoms with Crippen molar-refractivity contribution in [3.05, 3.63) is 45.7 Å². The van der Waals surface area contributed by atoms with E-state index in [0.717, 1.165) is 10.6 Å². The van der Waals surface area contributed by atoms with Gasteiger partial charge in [0.2, 0.25) is 10.0 Å². The second-order valence-corrected chi connectivity index (χ2v) is 7.18. The second kappa shape index (κ2) is 6.61. The lowest BCUT2D eigenvalue weighted by Gasteiger charge is -2.09. The molecule has 0 bridgehead atoms. The highest BCUT2D eigenvalue weighted by molar-refractivity contribution is 7.89. The largest absolute Gasteiger partial charge is 0.316 e. The van der Waals surface area contributed by atoms with Gasteiger partial charge in [-0.15, -0.1) is 11.3 Å². The van der Waals surface area contributed by atoms with Crippen molar-refractivity contribution in [2.75, 3.05) is 7.05 Å². The van der Waals surface area contributed by atoms with Crippen LogP contribution in [0.3, 0.4) is 0 Å². The van der Waals surface area contributed by atoms with Gasteiger partial charge < -0.3 is 5.32 Å². The summed E-state index contributed by atoms with van der Waals surface area (Å²) in [6.45, 7) is 2.27. The molecule has 2 rings (SSSR count). The third-order valence-electron chi connectivity index (χ3n) is 2.96. The molecule has 0 radical (unpaired) electrons. The molecule has 0 saturated heterocycles. The molecule has 2 N–H and O–H groups in total. The van der Waals surface area contributed by atoms with Gasteiger partial charge >= 0.3 is 0 Å². The summed E-state index contributed by atoms with van der Waals surface area (Å²) >= 11 is 1.39. The number of sulfonamides is 1. The van der Waals surface area contributed by atoms with Gasteiger partial charge in [0.15, 0.2) is 0 Å². The average molecular weight is 329 g/mol. The van der Waals surface area contributed by atoms with Crippen LogP contribution in [0.5, 0.6) is 0 Å². The highest BCUT2D eigenvalue weighted by atomic mass is 32.2. The van der Waals surface area contributed by atoms with Crippen LogP contribution in [0.25, 0.3) is 0 Å². The molecule has 0 saturated carbocycles. The van der Waals surface area contributed by atoms with Gasteiger partial charge in [-0.1, -0.05) is 0 Å². The minimum atomic E-state index is -3.68. The molecule has 0 aliphatic heterocycles. The van der Waals surface area contributed by atoms with Gasteiger partial charge in [0.05, 0.1) is 16.1 Å². The average Bonchev–Trinajstić information content (AvgIpc) is 2.85. The number of nitrogens with one attached hydrogen (secondary N) is 2. The number of hydrogen-bond acceptors (Lipinski definition) is 5. The SMILES string of the molecule is CNCc1cc(S(=O)(=O)NCc2scnc2C)ccc1F. The molecule has 0 spiro atoms.